The Bertz CT molecular complexity index is 902. The normalized spacial score (nSPS) is 12.5. The molecule has 0 fully saturated rings. The van der Waals surface area contributed by atoms with Crippen LogP contribution in [0.3, 0.4) is 0 Å². The lowest BCUT2D eigenvalue weighted by Gasteiger charge is -2.22. The van der Waals surface area contributed by atoms with Gasteiger partial charge < -0.3 is 21.3 Å². The fourth-order valence-corrected chi connectivity index (χ4v) is 3.23. The molecule has 0 unspecified atom stereocenters. The van der Waals surface area contributed by atoms with E-state index in [0.717, 1.165) is 0 Å². The summed E-state index contributed by atoms with van der Waals surface area (Å²) in [4.78, 5) is 58.0. The average Bonchev–Trinajstić information content (AvgIpc) is 2.85. The molecule has 4 N–H and O–H groups in total. The minimum atomic E-state index is -0.716. The Balaban J connectivity index is 1.78. The van der Waals surface area contributed by atoms with Crippen LogP contribution in [0.4, 0.5) is 0 Å². The Morgan fingerprint density at radius 3 is 1.40 bits per heavy atom. The number of hydrogen-bond acceptors (Lipinski definition) is 6. The zero-order valence-electron chi connectivity index (χ0n) is 20.6. The van der Waals surface area contributed by atoms with Crippen LogP contribution < -0.4 is 21.3 Å². The van der Waals surface area contributed by atoms with E-state index in [2.05, 4.69) is 31.2 Å². The van der Waals surface area contributed by atoms with Crippen LogP contribution in [0.2, 0.25) is 0 Å². The van der Waals surface area contributed by atoms with Crippen molar-refractivity contribution in [2.75, 3.05) is 13.1 Å². The van der Waals surface area contributed by atoms with Crippen LogP contribution >= 0.6 is 0 Å². The lowest BCUT2D eigenvalue weighted by molar-refractivity contribution is -0.124. The maximum Gasteiger partial charge on any atom is 0.270 e. The molecule has 2 aromatic rings. The number of amides is 4. The number of carbonyl (C=O) groups is 4. The van der Waals surface area contributed by atoms with Gasteiger partial charge in [0.1, 0.15) is 23.5 Å². The van der Waals surface area contributed by atoms with Gasteiger partial charge in [0.2, 0.25) is 11.8 Å². The van der Waals surface area contributed by atoms with Gasteiger partial charge in [-0.25, -0.2) is 0 Å². The Kier molecular flexibility index (Phi) is 10.8. The number of nitrogens with zero attached hydrogens (tertiary/aromatic N) is 2. The standard InChI is InChI=1S/C25H34N6O4/c1-16(2)20(30-22(32)18-10-5-7-12-26-18)24(34)28-14-9-15-29-25(35)21(17(3)4)31-23(33)19-11-6-8-13-27-19/h5-8,10-13,16-17,20-21H,9,14-15H2,1-4H3,(H,28,34)(H,29,35)(H,30,32)(H,31,33)/t20-,21-/m0/s1. The number of pyridine rings is 2. The molecule has 0 aliphatic rings. The van der Waals surface area contributed by atoms with Crippen molar-refractivity contribution in [3.63, 3.8) is 0 Å². The van der Waals surface area contributed by atoms with E-state index in [0.29, 0.717) is 19.5 Å². The highest BCUT2D eigenvalue weighted by Gasteiger charge is 2.26. The minimum absolute atomic E-state index is 0.128. The second kappa shape index (κ2) is 13.8. The van der Waals surface area contributed by atoms with Crippen molar-refractivity contribution in [1.82, 2.24) is 31.2 Å². The molecule has 0 aliphatic heterocycles. The molecule has 2 rings (SSSR count). The van der Waals surface area contributed by atoms with Gasteiger partial charge >= 0.3 is 0 Å². The van der Waals surface area contributed by atoms with Gasteiger partial charge in [-0.2, -0.15) is 0 Å². The van der Waals surface area contributed by atoms with E-state index in [4.69, 9.17) is 0 Å². The van der Waals surface area contributed by atoms with Crippen molar-refractivity contribution in [3.8, 4) is 0 Å². The molecule has 2 atom stereocenters. The number of hydrogen-bond donors (Lipinski definition) is 4. The molecule has 0 aliphatic carbocycles. The highest BCUT2D eigenvalue weighted by atomic mass is 16.2. The summed E-state index contributed by atoms with van der Waals surface area (Å²) in [5.41, 5.74) is 0.479. The van der Waals surface area contributed by atoms with Gasteiger partial charge in [0, 0.05) is 25.5 Å². The van der Waals surface area contributed by atoms with E-state index in [9.17, 15) is 19.2 Å². The van der Waals surface area contributed by atoms with Crippen LogP contribution in [0.25, 0.3) is 0 Å². The second-order valence-corrected chi connectivity index (χ2v) is 8.76. The van der Waals surface area contributed by atoms with Gasteiger partial charge in [0.05, 0.1) is 0 Å². The predicted octanol–water partition coefficient (Wildman–Crippen LogP) is 1.31. The van der Waals surface area contributed by atoms with Crippen LogP contribution in [0.1, 0.15) is 55.1 Å². The summed E-state index contributed by atoms with van der Waals surface area (Å²) in [6.45, 7) is 7.99. The number of nitrogens with one attached hydrogen (secondary N) is 4. The first-order valence-electron chi connectivity index (χ1n) is 11.7. The van der Waals surface area contributed by atoms with Crippen molar-refractivity contribution >= 4 is 23.6 Å². The third-order valence-corrected chi connectivity index (χ3v) is 5.22. The highest BCUT2D eigenvalue weighted by molar-refractivity contribution is 5.96. The Morgan fingerprint density at radius 2 is 1.09 bits per heavy atom. The number of rotatable bonds is 12. The summed E-state index contributed by atoms with van der Waals surface area (Å²) in [6.07, 6.45) is 3.51. The zero-order valence-corrected chi connectivity index (χ0v) is 20.6. The zero-order chi connectivity index (χ0) is 25.8. The summed E-state index contributed by atoms with van der Waals surface area (Å²) < 4.78 is 0. The molecule has 2 heterocycles. The average molecular weight is 483 g/mol. The van der Waals surface area contributed by atoms with E-state index in [1.54, 1.807) is 36.4 Å². The molecule has 10 nitrogen and oxygen atoms in total. The number of aromatic nitrogens is 2. The second-order valence-electron chi connectivity index (χ2n) is 8.76. The van der Waals surface area contributed by atoms with E-state index in [-0.39, 0.29) is 35.0 Å². The summed E-state index contributed by atoms with van der Waals surface area (Å²) >= 11 is 0. The van der Waals surface area contributed by atoms with E-state index < -0.39 is 23.9 Å². The maximum absolute atomic E-state index is 12.6. The molecule has 0 bridgehead atoms. The maximum atomic E-state index is 12.6. The Hall–Kier alpha value is -3.82. The summed E-state index contributed by atoms with van der Waals surface area (Å²) in [6, 6.07) is 8.55. The van der Waals surface area contributed by atoms with Gasteiger partial charge in [-0.3, -0.25) is 29.1 Å². The molecule has 35 heavy (non-hydrogen) atoms. The molecular weight excluding hydrogens is 448 g/mol. The quantitative estimate of drug-likeness (QED) is 0.336. The van der Waals surface area contributed by atoms with Gasteiger partial charge in [0.15, 0.2) is 0 Å². The van der Waals surface area contributed by atoms with Crippen molar-refractivity contribution in [1.29, 1.82) is 0 Å². The Morgan fingerprint density at radius 1 is 0.686 bits per heavy atom. The van der Waals surface area contributed by atoms with Crippen LogP contribution in [0.15, 0.2) is 48.8 Å². The molecule has 2 aromatic heterocycles. The molecular formula is C25H34N6O4. The third-order valence-electron chi connectivity index (χ3n) is 5.22. The van der Waals surface area contributed by atoms with E-state index >= 15 is 0 Å². The molecule has 4 amide bonds. The van der Waals surface area contributed by atoms with Crippen molar-refractivity contribution < 1.29 is 19.2 Å². The molecule has 0 aromatic carbocycles. The van der Waals surface area contributed by atoms with Crippen molar-refractivity contribution in [2.45, 2.75) is 46.2 Å². The third kappa shape index (κ3) is 8.80. The summed E-state index contributed by atoms with van der Waals surface area (Å²) in [7, 11) is 0. The minimum Gasteiger partial charge on any atom is -0.354 e. The van der Waals surface area contributed by atoms with Gasteiger partial charge in [-0.05, 0) is 42.5 Å². The van der Waals surface area contributed by atoms with Crippen LogP contribution in [0.5, 0.6) is 0 Å². The van der Waals surface area contributed by atoms with Crippen LogP contribution in [0, 0.1) is 11.8 Å². The summed E-state index contributed by atoms with van der Waals surface area (Å²) in [5.74, 6) is -1.70. The predicted molar refractivity (Wildman–Crippen MR) is 131 cm³/mol. The molecule has 188 valence electrons. The van der Waals surface area contributed by atoms with Gasteiger partial charge in [-0.15, -0.1) is 0 Å². The smallest absolute Gasteiger partial charge is 0.270 e. The van der Waals surface area contributed by atoms with E-state index in [1.807, 2.05) is 27.7 Å². The molecule has 0 radical (unpaired) electrons. The monoisotopic (exact) mass is 482 g/mol. The molecule has 10 heteroatoms. The van der Waals surface area contributed by atoms with Gasteiger partial charge in [0.25, 0.3) is 11.8 Å². The Labute approximate surface area is 205 Å². The molecule has 0 spiro atoms. The first kappa shape index (κ1) is 27.4. The van der Waals surface area contributed by atoms with Crippen molar-refractivity contribution in [3.05, 3.63) is 60.2 Å². The SMILES string of the molecule is CC(C)[C@H](NC(=O)c1ccccn1)C(=O)NCCCNC(=O)[C@@H](NC(=O)c1ccccn1)C(C)C. The van der Waals surface area contributed by atoms with E-state index in [1.165, 1.54) is 12.4 Å². The first-order chi connectivity index (χ1) is 16.7. The van der Waals surface area contributed by atoms with Crippen LogP contribution in [-0.4, -0.2) is 58.8 Å². The fraction of sp³-hybridized carbons (Fsp3) is 0.440. The first-order valence-corrected chi connectivity index (χ1v) is 11.7. The number of carbonyl (C=O) groups excluding carboxylic acids is 4. The van der Waals surface area contributed by atoms with Crippen LogP contribution in [-0.2, 0) is 9.59 Å². The van der Waals surface area contributed by atoms with Crippen molar-refractivity contribution in [2.24, 2.45) is 11.8 Å². The molecule has 0 saturated heterocycles. The lowest BCUT2D eigenvalue weighted by Crippen LogP contribution is -2.51. The topological polar surface area (TPSA) is 142 Å². The highest BCUT2D eigenvalue weighted by Crippen LogP contribution is 2.05. The summed E-state index contributed by atoms with van der Waals surface area (Å²) in [5, 5.41) is 11.0. The lowest BCUT2D eigenvalue weighted by atomic mass is 10.0. The fourth-order valence-electron chi connectivity index (χ4n) is 3.23. The van der Waals surface area contributed by atoms with Gasteiger partial charge in [-0.1, -0.05) is 39.8 Å². The largest absolute Gasteiger partial charge is 0.354 e. The molecule has 0 saturated carbocycles.